The summed E-state index contributed by atoms with van der Waals surface area (Å²) in [7, 11) is 0. The summed E-state index contributed by atoms with van der Waals surface area (Å²) < 4.78 is 0. The lowest BCUT2D eigenvalue weighted by Crippen LogP contribution is -2.30. The Morgan fingerprint density at radius 2 is 2.26 bits per heavy atom. The molecule has 104 valence electrons. The van der Waals surface area contributed by atoms with Crippen LogP contribution in [0.5, 0.6) is 0 Å². The van der Waals surface area contributed by atoms with E-state index in [0.717, 1.165) is 25.1 Å². The fourth-order valence-corrected chi connectivity index (χ4v) is 2.02. The smallest absolute Gasteiger partial charge is 0.226 e. The molecule has 19 heavy (non-hydrogen) atoms. The molecule has 1 fully saturated rings. The molecule has 0 saturated heterocycles. The fourth-order valence-electron chi connectivity index (χ4n) is 2.02. The van der Waals surface area contributed by atoms with Gasteiger partial charge >= 0.3 is 0 Å². The van der Waals surface area contributed by atoms with Crippen molar-refractivity contribution in [2.75, 3.05) is 11.4 Å². The van der Waals surface area contributed by atoms with Gasteiger partial charge in [0.2, 0.25) is 5.95 Å². The number of rotatable bonds is 6. The van der Waals surface area contributed by atoms with E-state index in [4.69, 9.17) is 10.9 Å². The topological polar surface area (TPSA) is 87.6 Å². The van der Waals surface area contributed by atoms with Gasteiger partial charge in [-0.05, 0) is 32.3 Å². The summed E-state index contributed by atoms with van der Waals surface area (Å²) in [6.45, 7) is 5.02. The Labute approximate surface area is 113 Å². The van der Waals surface area contributed by atoms with Crippen molar-refractivity contribution in [3.8, 4) is 0 Å². The van der Waals surface area contributed by atoms with Crippen LogP contribution >= 0.6 is 0 Å². The molecular formula is C13H21N5O. The Morgan fingerprint density at radius 1 is 1.53 bits per heavy atom. The molecule has 1 saturated carbocycles. The number of nitrogens with zero attached hydrogens (tertiary/aromatic N) is 4. The van der Waals surface area contributed by atoms with E-state index in [2.05, 4.69) is 26.9 Å². The van der Waals surface area contributed by atoms with Gasteiger partial charge in [0.05, 0.1) is 0 Å². The predicted molar refractivity (Wildman–Crippen MR) is 74.6 cm³/mol. The first-order chi connectivity index (χ1) is 9.15. The molecule has 0 aromatic carbocycles. The minimum atomic E-state index is 0.0259. The van der Waals surface area contributed by atoms with Crippen molar-refractivity contribution in [3.63, 3.8) is 0 Å². The zero-order valence-electron chi connectivity index (χ0n) is 11.5. The van der Waals surface area contributed by atoms with Gasteiger partial charge in [0.25, 0.3) is 0 Å². The van der Waals surface area contributed by atoms with Crippen LogP contribution in [0.4, 0.5) is 5.95 Å². The van der Waals surface area contributed by atoms with E-state index >= 15 is 0 Å². The highest BCUT2D eigenvalue weighted by molar-refractivity contribution is 5.95. The van der Waals surface area contributed by atoms with Crippen molar-refractivity contribution in [2.24, 2.45) is 10.9 Å². The highest BCUT2D eigenvalue weighted by atomic mass is 16.4. The SMILES string of the molecule is CCCCN(c1nc(C)cc(/C(N)=N/O)n1)C1CC1. The Balaban J connectivity index is 2.28. The molecule has 3 N–H and O–H groups in total. The first-order valence-corrected chi connectivity index (χ1v) is 6.76. The molecular weight excluding hydrogens is 242 g/mol. The second-order valence-electron chi connectivity index (χ2n) is 4.96. The first-order valence-electron chi connectivity index (χ1n) is 6.76. The summed E-state index contributed by atoms with van der Waals surface area (Å²) in [4.78, 5) is 11.1. The standard InChI is InChI=1S/C13H21N5O/c1-3-4-7-18(10-5-6-10)13-15-9(2)8-11(16-13)12(14)17-19/h8,10,19H,3-7H2,1-2H3,(H2,14,17). The lowest BCUT2D eigenvalue weighted by Gasteiger charge is -2.22. The third-order valence-corrected chi connectivity index (χ3v) is 3.21. The Hall–Kier alpha value is -1.85. The summed E-state index contributed by atoms with van der Waals surface area (Å²) in [5.41, 5.74) is 6.92. The molecule has 0 aliphatic heterocycles. The van der Waals surface area contributed by atoms with Crippen LogP contribution in [0.15, 0.2) is 11.2 Å². The van der Waals surface area contributed by atoms with E-state index < -0.39 is 0 Å². The van der Waals surface area contributed by atoms with Gasteiger partial charge in [-0.2, -0.15) is 0 Å². The van der Waals surface area contributed by atoms with Crippen molar-refractivity contribution in [1.82, 2.24) is 9.97 Å². The number of unbranched alkanes of at least 4 members (excludes halogenated alkanes) is 1. The Morgan fingerprint density at radius 3 is 2.84 bits per heavy atom. The van der Waals surface area contributed by atoms with Gasteiger partial charge < -0.3 is 15.8 Å². The van der Waals surface area contributed by atoms with E-state index in [1.165, 1.54) is 12.8 Å². The lowest BCUT2D eigenvalue weighted by molar-refractivity contribution is 0.318. The minimum Gasteiger partial charge on any atom is -0.409 e. The minimum absolute atomic E-state index is 0.0259. The molecule has 0 unspecified atom stereocenters. The maximum Gasteiger partial charge on any atom is 0.226 e. The highest BCUT2D eigenvalue weighted by Crippen LogP contribution is 2.30. The number of anilines is 1. The van der Waals surface area contributed by atoms with Crippen LogP contribution in [0.1, 0.15) is 44.0 Å². The predicted octanol–water partition coefficient (Wildman–Crippen LogP) is 1.65. The Bertz CT molecular complexity index is 470. The van der Waals surface area contributed by atoms with Gasteiger partial charge in [-0.1, -0.05) is 18.5 Å². The average molecular weight is 263 g/mol. The summed E-state index contributed by atoms with van der Waals surface area (Å²) in [5.74, 6) is 0.718. The van der Waals surface area contributed by atoms with Crippen LogP contribution in [0.3, 0.4) is 0 Å². The van der Waals surface area contributed by atoms with Crippen LogP contribution in [-0.2, 0) is 0 Å². The second-order valence-corrected chi connectivity index (χ2v) is 4.96. The molecule has 6 nitrogen and oxygen atoms in total. The highest BCUT2D eigenvalue weighted by Gasteiger charge is 2.30. The first kappa shape index (κ1) is 13.6. The number of nitrogens with two attached hydrogens (primary N) is 1. The number of aromatic nitrogens is 2. The largest absolute Gasteiger partial charge is 0.409 e. The molecule has 2 rings (SSSR count). The number of amidine groups is 1. The quantitative estimate of drug-likeness (QED) is 0.352. The van der Waals surface area contributed by atoms with Crippen molar-refractivity contribution < 1.29 is 5.21 Å². The number of oxime groups is 1. The van der Waals surface area contributed by atoms with Crippen molar-refractivity contribution >= 4 is 11.8 Å². The Kier molecular flexibility index (Phi) is 4.19. The zero-order chi connectivity index (χ0) is 13.8. The third kappa shape index (κ3) is 3.33. The van der Waals surface area contributed by atoms with Gasteiger partial charge in [0.1, 0.15) is 5.69 Å². The van der Waals surface area contributed by atoms with E-state index in [1.54, 1.807) is 6.07 Å². The van der Waals surface area contributed by atoms with Crippen LogP contribution in [0, 0.1) is 6.92 Å². The molecule has 0 atom stereocenters. The average Bonchev–Trinajstić information content (AvgIpc) is 3.22. The fraction of sp³-hybridized carbons (Fsp3) is 0.615. The van der Waals surface area contributed by atoms with Crippen molar-refractivity contribution in [2.45, 2.75) is 45.6 Å². The van der Waals surface area contributed by atoms with Gasteiger partial charge in [-0.15, -0.1) is 0 Å². The van der Waals surface area contributed by atoms with E-state index in [-0.39, 0.29) is 5.84 Å². The molecule has 1 aliphatic rings. The molecule has 1 aliphatic carbocycles. The molecule has 1 aromatic rings. The van der Waals surface area contributed by atoms with Crippen LogP contribution in [0.25, 0.3) is 0 Å². The lowest BCUT2D eigenvalue weighted by atomic mass is 10.3. The molecule has 0 amide bonds. The molecule has 0 spiro atoms. The van der Waals surface area contributed by atoms with Crippen molar-refractivity contribution in [3.05, 3.63) is 17.5 Å². The van der Waals surface area contributed by atoms with E-state index in [1.807, 2.05) is 6.92 Å². The maximum atomic E-state index is 8.76. The molecule has 0 radical (unpaired) electrons. The molecule has 1 aromatic heterocycles. The second kappa shape index (κ2) is 5.86. The van der Waals surface area contributed by atoms with Gasteiger partial charge in [-0.3, -0.25) is 0 Å². The van der Waals surface area contributed by atoms with E-state index in [0.29, 0.717) is 17.7 Å². The molecule has 1 heterocycles. The van der Waals surface area contributed by atoms with Crippen LogP contribution < -0.4 is 10.6 Å². The van der Waals surface area contributed by atoms with E-state index in [9.17, 15) is 0 Å². The molecule has 0 bridgehead atoms. The van der Waals surface area contributed by atoms with Crippen LogP contribution in [-0.4, -0.2) is 33.6 Å². The zero-order valence-corrected chi connectivity index (χ0v) is 11.5. The number of hydrogen-bond acceptors (Lipinski definition) is 5. The third-order valence-electron chi connectivity index (χ3n) is 3.21. The summed E-state index contributed by atoms with van der Waals surface area (Å²) in [6.07, 6.45) is 4.65. The van der Waals surface area contributed by atoms with Gasteiger partial charge in [-0.25, -0.2) is 9.97 Å². The number of hydrogen-bond donors (Lipinski definition) is 2. The van der Waals surface area contributed by atoms with Gasteiger partial charge in [0, 0.05) is 18.3 Å². The monoisotopic (exact) mass is 263 g/mol. The number of aryl methyl sites for hydroxylation is 1. The van der Waals surface area contributed by atoms with Gasteiger partial charge in [0.15, 0.2) is 5.84 Å². The maximum absolute atomic E-state index is 8.76. The summed E-state index contributed by atoms with van der Waals surface area (Å²) in [5, 5.41) is 11.8. The van der Waals surface area contributed by atoms with Crippen LogP contribution in [0.2, 0.25) is 0 Å². The molecule has 6 heteroatoms. The summed E-state index contributed by atoms with van der Waals surface area (Å²) in [6, 6.07) is 2.28. The normalized spacial score (nSPS) is 15.6. The summed E-state index contributed by atoms with van der Waals surface area (Å²) >= 11 is 0. The van der Waals surface area contributed by atoms with Crippen molar-refractivity contribution in [1.29, 1.82) is 0 Å².